The molecule has 0 aliphatic carbocycles. The van der Waals surface area contributed by atoms with Crippen molar-refractivity contribution in [2.75, 3.05) is 25.9 Å². The molecule has 0 radical (unpaired) electrons. The number of amides is 1. The molecule has 1 atom stereocenters. The van der Waals surface area contributed by atoms with E-state index in [1.807, 2.05) is 15.7 Å². The third-order valence-electron chi connectivity index (χ3n) is 4.16. The van der Waals surface area contributed by atoms with Gasteiger partial charge in [0.15, 0.2) is 0 Å². The number of rotatable bonds is 3. The first-order chi connectivity index (χ1) is 9.93. The van der Waals surface area contributed by atoms with Crippen LogP contribution in [-0.2, 0) is 27.9 Å². The zero-order chi connectivity index (χ0) is 15.0. The second kappa shape index (κ2) is 5.42. The zero-order valence-corrected chi connectivity index (χ0v) is 12.9. The van der Waals surface area contributed by atoms with E-state index >= 15 is 0 Å². The molecule has 1 aromatic heterocycles. The number of likely N-dealkylation sites (tertiary alicyclic amines) is 1. The Hall–Kier alpha value is -1.41. The van der Waals surface area contributed by atoms with Crippen LogP contribution in [0.2, 0.25) is 0 Å². The van der Waals surface area contributed by atoms with Gasteiger partial charge in [-0.2, -0.15) is 4.31 Å². The van der Waals surface area contributed by atoms with E-state index in [9.17, 15) is 13.2 Å². The van der Waals surface area contributed by atoms with Crippen molar-refractivity contribution in [3.8, 4) is 0 Å². The maximum atomic E-state index is 11.9. The van der Waals surface area contributed by atoms with E-state index in [-0.39, 0.29) is 11.8 Å². The summed E-state index contributed by atoms with van der Waals surface area (Å²) < 4.78 is 27.3. The van der Waals surface area contributed by atoms with Gasteiger partial charge in [0.1, 0.15) is 5.82 Å². The summed E-state index contributed by atoms with van der Waals surface area (Å²) in [5.74, 6) is 1.03. The number of carbonyl (C=O) groups is 1. The number of hydrogen-bond donors (Lipinski definition) is 0. The number of sulfonamides is 1. The molecule has 0 aromatic carbocycles. The summed E-state index contributed by atoms with van der Waals surface area (Å²) >= 11 is 0. The molecular formula is C13H20N4O3S. The predicted molar refractivity (Wildman–Crippen MR) is 76.8 cm³/mol. The van der Waals surface area contributed by atoms with Crippen molar-refractivity contribution in [3.63, 3.8) is 0 Å². The summed E-state index contributed by atoms with van der Waals surface area (Å²) in [7, 11) is -3.27. The summed E-state index contributed by atoms with van der Waals surface area (Å²) in [4.78, 5) is 17.9. The highest BCUT2D eigenvalue weighted by Gasteiger charge is 2.30. The molecular weight excluding hydrogens is 292 g/mol. The molecule has 0 saturated carbocycles. The highest BCUT2D eigenvalue weighted by atomic mass is 32.2. The van der Waals surface area contributed by atoms with Gasteiger partial charge in [0.2, 0.25) is 15.9 Å². The molecule has 0 unspecified atom stereocenters. The Bertz CT molecular complexity index is 640. The molecule has 1 amide bonds. The molecule has 1 aromatic rings. The van der Waals surface area contributed by atoms with Gasteiger partial charge >= 0.3 is 0 Å². The molecule has 7 nitrogen and oxygen atoms in total. The fraction of sp³-hybridized carbons (Fsp3) is 0.692. The summed E-state index contributed by atoms with van der Waals surface area (Å²) in [5, 5.41) is 0. The molecule has 2 aliphatic heterocycles. The average molecular weight is 312 g/mol. The molecule has 3 rings (SSSR count). The van der Waals surface area contributed by atoms with Crippen molar-refractivity contribution < 1.29 is 13.2 Å². The smallest absolute Gasteiger partial charge is 0.222 e. The fourth-order valence-electron chi connectivity index (χ4n) is 3.08. The third-order valence-corrected chi connectivity index (χ3v) is 5.37. The van der Waals surface area contributed by atoms with Crippen LogP contribution in [0.1, 0.15) is 18.7 Å². The average Bonchev–Trinajstić information content (AvgIpc) is 2.94. The maximum absolute atomic E-state index is 11.9. The minimum absolute atomic E-state index is 0.0947. The summed E-state index contributed by atoms with van der Waals surface area (Å²) in [6.07, 6.45) is 6.30. The molecule has 21 heavy (non-hydrogen) atoms. The van der Waals surface area contributed by atoms with Crippen molar-refractivity contribution in [1.82, 2.24) is 18.8 Å². The molecule has 1 saturated heterocycles. The Labute approximate surface area is 124 Å². The van der Waals surface area contributed by atoms with Crippen molar-refractivity contribution in [2.24, 2.45) is 5.92 Å². The topological polar surface area (TPSA) is 75.5 Å². The number of hydrogen-bond acceptors (Lipinski definition) is 4. The Morgan fingerprint density at radius 1 is 1.38 bits per heavy atom. The van der Waals surface area contributed by atoms with Gasteiger partial charge in [-0.1, -0.05) is 0 Å². The fourth-order valence-corrected chi connectivity index (χ4v) is 3.91. The van der Waals surface area contributed by atoms with Crippen LogP contribution in [0.5, 0.6) is 0 Å². The third kappa shape index (κ3) is 3.11. The van der Waals surface area contributed by atoms with E-state index in [2.05, 4.69) is 4.98 Å². The number of imidazole rings is 1. The molecule has 2 aliphatic rings. The van der Waals surface area contributed by atoms with Gasteiger partial charge in [-0.15, -0.1) is 0 Å². The van der Waals surface area contributed by atoms with Crippen molar-refractivity contribution >= 4 is 15.9 Å². The normalized spacial score (nSPS) is 24.1. The van der Waals surface area contributed by atoms with E-state index in [1.54, 1.807) is 6.20 Å². The lowest BCUT2D eigenvalue weighted by atomic mass is 10.1. The Kier molecular flexibility index (Phi) is 3.75. The van der Waals surface area contributed by atoms with Gasteiger partial charge in [0.25, 0.3) is 0 Å². The molecule has 1 fully saturated rings. The number of nitrogens with zero attached hydrogens (tertiary/aromatic N) is 4. The minimum Gasteiger partial charge on any atom is -0.342 e. The summed E-state index contributed by atoms with van der Waals surface area (Å²) in [5.41, 5.74) is 0. The first kappa shape index (κ1) is 14.5. The van der Waals surface area contributed by atoms with Crippen molar-refractivity contribution in [2.45, 2.75) is 25.9 Å². The molecule has 3 heterocycles. The highest BCUT2D eigenvalue weighted by Crippen LogP contribution is 2.20. The Balaban J connectivity index is 1.81. The van der Waals surface area contributed by atoms with Crippen LogP contribution < -0.4 is 0 Å². The van der Waals surface area contributed by atoms with Crippen LogP contribution in [0.15, 0.2) is 12.4 Å². The van der Waals surface area contributed by atoms with Gasteiger partial charge in [0.05, 0.1) is 12.8 Å². The molecule has 0 N–H and O–H groups in total. The van der Waals surface area contributed by atoms with E-state index in [0.29, 0.717) is 32.6 Å². The summed E-state index contributed by atoms with van der Waals surface area (Å²) in [6.45, 7) is 2.83. The lowest BCUT2D eigenvalue weighted by Crippen LogP contribution is -2.39. The van der Waals surface area contributed by atoms with Gasteiger partial charge in [-0.25, -0.2) is 13.4 Å². The first-order valence-electron chi connectivity index (χ1n) is 7.16. The minimum atomic E-state index is -3.27. The van der Waals surface area contributed by atoms with Gasteiger partial charge < -0.3 is 9.47 Å². The van der Waals surface area contributed by atoms with E-state index < -0.39 is 10.0 Å². The number of aromatic nitrogens is 2. The predicted octanol–water partition coefficient (Wildman–Crippen LogP) is -0.103. The molecule has 0 bridgehead atoms. The van der Waals surface area contributed by atoms with Crippen LogP contribution >= 0.6 is 0 Å². The monoisotopic (exact) mass is 312 g/mol. The largest absolute Gasteiger partial charge is 0.342 e. The van der Waals surface area contributed by atoms with Crippen molar-refractivity contribution in [1.29, 1.82) is 0 Å². The van der Waals surface area contributed by atoms with Crippen LogP contribution in [-0.4, -0.2) is 59.0 Å². The number of carbonyl (C=O) groups excluding carboxylic acids is 1. The standard InChI is InChI=1S/C13H20N4O3S/c1-21(19,20)17-9-11(8-16-5-2-3-13(16)18)7-15-6-4-14-12(15)10-17/h4,6,11H,2-3,5,7-10H2,1H3/t11-/m1/s1. The second-order valence-electron chi connectivity index (χ2n) is 5.86. The maximum Gasteiger partial charge on any atom is 0.222 e. The van der Waals surface area contributed by atoms with Gasteiger partial charge in [0, 0.05) is 50.9 Å². The Morgan fingerprint density at radius 3 is 2.86 bits per heavy atom. The van der Waals surface area contributed by atoms with Gasteiger partial charge in [-0.05, 0) is 6.42 Å². The lowest BCUT2D eigenvalue weighted by Gasteiger charge is -2.26. The molecule has 8 heteroatoms. The highest BCUT2D eigenvalue weighted by molar-refractivity contribution is 7.88. The van der Waals surface area contributed by atoms with E-state index in [4.69, 9.17) is 0 Å². The van der Waals surface area contributed by atoms with Crippen LogP contribution in [0.4, 0.5) is 0 Å². The molecule has 116 valence electrons. The van der Waals surface area contributed by atoms with Crippen LogP contribution in [0.25, 0.3) is 0 Å². The SMILES string of the molecule is CS(=O)(=O)N1Cc2nccn2C[C@H](CN2CCCC2=O)C1. The quantitative estimate of drug-likeness (QED) is 0.781. The summed E-state index contributed by atoms with van der Waals surface area (Å²) in [6, 6.07) is 0. The van der Waals surface area contributed by atoms with Crippen LogP contribution in [0.3, 0.4) is 0 Å². The first-order valence-corrected chi connectivity index (χ1v) is 9.01. The molecule has 0 spiro atoms. The van der Waals surface area contributed by atoms with Crippen molar-refractivity contribution in [3.05, 3.63) is 18.2 Å². The lowest BCUT2D eigenvalue weighted by molar-refractivity contribution is -0.128. The number of fused-ring (bicyclic) bond motifs is 1. The zero-order valence-electron chi connectivity index (χ0n) is 12.1. The van der Waals surface area contributed by atoms with Crippen LogP contribution in [0, 0.1) is 5.92 Å². The second-order valence-corrected chi connectivity index (χ2v) is 7.84. The van der Waals surface area contributed by atoms with Gasteiger partial charge in [-0.3, -0.25) is 4.79 Å². The van der Waals surface area contributed by atoms with E-state index in [0.717, 1.165) is 18.8 Å². The van der Waals surface area contributed by atoms with E-state index in [1.165, 1.54) is 10.6 Å². The Morgan fingerprint density at radius 2 is 2.19 bits per heavy atom.